The summed E-state index contributed by atoms with van der Waals surface area (Å²) in [6.07, 6.45) is 1.55. The summed E-state index contributed by atoms with van der Waals surface area (Å²) in [5.41, 5.74) is 5.21. The number of H-pyrrole nitrogens is 1. The van der Waals surface area contributed by atoms with Crippen molar-refractivity contribution in [1.29, 1.82) is 0 Å². The third-order valence-corrected chi connectivity index (χ3v) is 4.17. The van der Waals surface area contributed by atoms with Gasteiger partial charge < -0.3 is 15.4 Å². The van der Waals surface area contributed by atoms with Crippen LogP contribution in [0, 0.1) is 0 Å². The molecule has 0 aliphatic heterocycles. The standard InChI is InChI=1S/C16H14BrClN4O3/c17-9-1-2-12(11(18)5-9)21-13-7-15-14(19-8-20-15)6-10(13)16(24)22-25-4-3-23/h1-2,5-8,21,23H,3-4H2,(H,19,20)(H,22,24). The van der Waals surface area contributed by atoms with E-state index in [9.17, 15) is 4.79 Å². The Hall–Kier alpha value is -2.13. The van der Waals surface area contributed by atoms with Gasteiger partial charge in [-0.3, -0.25) is 9.63 Å². The van der Waals surface area contributed by atoms with Crippen LogP contribution in [0.15, 0.2) is 41.1 Å². The highest BCUT2D eigenvalue weighted by Gasteiger charge is 2.15. The van der Waals surface area contributed by atoms with Gasteiger partial charge in [-0.1, -0.05) is 27.5 Å². The Morgan fingerprint density at radius 1 is 1.32 bits per heavy atom. The van der Waals surface area contributed by atoms with Crippen molar-refractivity contribution in [2.75, 3.05) is 18.5 Å². The van der Waals surface area contributed by atoms with Crippen LogP contribution in [0.1, 0.15) is 10.4 Å². The molecule has 0 saturated carbocycles. The van der Waals surface area contributed by atoms with Crippen LogP contribution in [-0.4, -0.2) is 34.2 Å². The highest BCUT2D eigenvalue weighted by atomic mass is 79.9. The van der Waals surface area contributed by atoms with Gasteiger partial charge in [-0.15, -0.1) is 0 Å². The van der Waals surface area contributed by atoms with Gasteiger partial charge in [-0.05, 0) is 30.3 Å². The van der Waals surface area contributed by atoms with Crippen LogP contribution < -0.4 is 10.8 Å². The Balaban J connectivity index is 1.96. The second-order valence-corrected chi connectivity index (χ2v) is 6.39. The van der Waals surface area contributed by atoms with Gasteiger partial charge in [0.1, 0.15) is 0 Å². The maximum absolute atomic E-state index is 12.4. The van der Waals surface area contributed by atoms with E-state index in [1.165, 1.54) is 0 Å². The minimum absolute atomic E-state index is 0.000651. The molecule has 3 rings (SSSR count). The number of aliphatic hydroxyl groups excluding tert-OH is 1. The Kier molecular flexibility index (Phi) is 5.54. The summed E-state index contributed by atoms with van der Waals surface area (Å²) in [4.78, 5) is 24.5. The summed E-state index contributed by atoms with van der Waals surface area (Å²) in [6.45, 7) is -0.196. The predicted octanol–water partition coefficient (Wildman–Crippen LogP) is 3.38. The number of nitrogens with zero attached hydrogens (tertiary/aromatic N) is 1. The number of hydrogen-bond acceptors (Lipinski definition) is 5. The first-order valence-electron chi connectivity index (χ1n) is 7.30. The molecule has 0 saturated heterocycles. The minimum Gasteiger partial charge on any atom is -0.394 e. The van der Waals surface area contributed by atoms with E-state index in [2.05, 4.69) is 36.7 Å². The molecule has 0 bridgehead atoms. The maximum atomic E-state index is 12.4. The van der Waals surface area contributed by atoms with Gasteiger partial charge in [0.2, 0.25) is 0 Å². The second kappa shape index (κ2) is 7.83. The number of rotatable bonds is 6. The highest BCUT2D eigenvalue weighted by molar-refractivity contribution is 9.10. The summed E-state index contributed by atoms with van der Waals surface area (Å²) >= 11 is 9.60. The quantitative estimate of drug-likeness (QED) is 0.358. The molecular weight excluding hydrogens is 412 g/mol. The van der Waals surface area contributed by atoms with E-state index in [4.69, 9.17) is 21.5 Å². The third kappa shape index (κ3) is 4.10. The van der Waals surface area contributed by atoms with Gasteiger partial charge in [-0.2, -0.15) is 0 Å². The average Bonchev–Trinajstić information content (AvgIpc) is 3.04. The number of halogens is 2. The lowest BCUT2D eigenvalue weighted by Gasteiger charge is -2.14. The van der Waals surface area contributed by atoms with Crippen molar-refractivity contribution in [2.24, 2.45) is 0 Å². The summed E-state index contributed by atoms with van der Waals surface area (Å²) < 4.78 is 0.848. The smallest absolute Gasteiger partial charge is 0.277 e. The number of fused-ring (bicyclic) bond motifs is 1. The normalized spacial score (nSPS) is 10.8. The lowest BCUT2D eigenvalue weighted by atomic mass is 10.1. The number of aliphatic hydroxyl groups is 1. The molecule has 1 aromatic heterocycles. The number of nitrogens with one attached hydrogen (secondary N) is 3. The summed E-state index contributed by atoms with van der Waals surface area (Å²) in [5.74, 6) is -0.458. The molecule has 4 N–H and O–H groups in total. The molecular formula is C16H14BrClN4O3. The number of carbonyl (C=O) groups is 1. The van der Waals surface area contributed by atoms with E-state index in [0.717, 1.165) is 4.47 Å². The van der Waals surface area contributed by atoms with Crippen molar-refractivity contribution in [1.82, 2.24) is 15.4 Å². The van der Waals surface area contributed by atoms with Crippen LogP contribution in [0.25, 0.3) is 11.0 Å². The van der Waals surface area contributed by atoms with Crippen LogP contribution in [0.5, 0.6) is 0 Å². The van der Waals surface area contributed by atoms with Gasteiger partial charge in [0, 0.05) is 4.47 Å². The van der Waals surface area contributed by atoms with E-state index >= 15 is 0 Å². The van der Waals surface area contributed by atoms with Gasteiger partial charge in [0.25, 0.3) is 5.91 Å². The SMILES string of the molecule is O=C(NOCCO)c1cc2[nH]cnc2cc1Nc1ccc(Br)cc1Cl. The highest BCUT2D eigenvalue weighted by Crippen LogP contribution is 2.31. The first kappa shape index (κ1) is 17.7. The number of amides is 1. The number of aromatic amines is 1. The lowest BCUT2D eigenvalue weighted by Crippen LogP contribution is -2.25. The molecule has 0 fully saturated rings. The molecule has 0 unspecified atom stereocenters. The number of hydrogen-bond donors (Lipinski definition) is 4. The van der Waals surface area contributed by atoms with Crippen LogP contribution in [0.4, 0.5) is 11.4 Å². The molecule has 9 heteroatoms. The largest absolute Gasteiger partial charge is 0.394 e. The molecule has 0 spiro atoms. The molecule has 7 nitrogen and oxygen atoms in total. The molecule has 0 radical (unpaired) electrons. The Labute approximate surface area is 156 Å². The zero-order valence-corrected chi connectivity index (χ0v) is 15.2. The number of benzene rings is 2. The average molecular weight is 426 g/mol. The molecule has 2 aromatic carbocycles. The zero-order chi connectivity index (χ0) is 17.8. The van der Waals surface area contributed by atoms with Gasteiger partial charge in [0.05, 0.1) is 52.5 Å². The molecule has 0 aliphatic rings. The van der Waals surface area contributed by atoms with Crippen LogP contribution in [0.3, 0.4) is 0 Å². The van der Waals surface area contributed by atoms with Crippen molar-refractivity contribution < 1.29 is 14.7 Å². The molecule has 25 heavy (non-hydrogen) atoms. The second-order valence-electron chi connectivity index (χ2n) is 5.07. The fourth-order valence-corrected chi connectivity index (χ4v) is 2.95. The van der Waals surface area contributed by atoms with Crippen molar-refractivity contribution in [3.05, 3.63) is 51.7 Å². The summed E-state index contributed by atoms with van der Waals surface area (Å²) in [6, 6.07) is 8.79. The van der Waals surface area contributed by atoms with E-state index in [1.807, 2.05) is 6.07 Å². The molecule has 0 aliphatic carbocycles. The Morgan fingerprint density at radius 3 is 2.92 bits per heavy atom. The van der Waals surface area contributed by atoms with Crippen molar-refractivity contribution in [3.8, 4) is 0 Å². The number of imidazole rings is 1. The summed E-state index contributed by atoms with van der Waals surface area (Å²) in [5, 5.41) is 12.4. The number of carbonyl (C=O) groups excluding carboxylic acids is 1. The lowest BCUT2D eigenvalue weighted by molar-refractivity contribution is 0.0169. The van der Waals surface area contributed by atoms with E-state index in [-0.39, 0.29) is 13.2 Å². The molecule has 3 aromatic rings. The van der Waals surface area contributed by atoms with Crippen LogP contribution in [-0.2, 0) is 4.84 Å². The fraction of sp³-hybridized carbons (Fsp3) is 0.125. The maximum Gasteiger partial charge on any atom is 0.277 e. The van der Waals surface area contributed by atoms with Gasteiger partial charge in [0.15, 0.2) is 0 Å². The first-order chi connectivity index (χ1) is 12.1. The van der Waals surface area contributed by atoms with Crippen molar-refractivity contribution >= 4 is 55.8 Å². The fourth-order valence-electron chi connectivity index (χ4n) is 2.23. The Morgan fingerprint density at radius 2 is 2.16 bits per heavy atom. The van der Waals surface area contributed by atoms with Gasteiger partial charge in [-0.25, -0.2) is 10.5 Å². The molecule has 1 heterocycles. The summed E-state index contributed by atoms with van der Waals surface area (Å²) in [7, 11) is 0. The monoisotopic (exact) mass is 424 g/mol. The first-order valence-corrected chi connectivity index (χ1v) is 8.48. The Bertz CT molecular complexity index is 916. The predicted molar refractivity (Wildman–Crippen MR) is 99.0 cm³/mol. The molecule has 0 atom stereocenters. The molecule has 1 amide bonds. The van der Waals surface area contributed by atoms with Gasteiger partial charge >= 0.3 is 0 Å². The number of hydroxylamine groups is 1. The van der Waals surface area contributed by atoms with E-state index < -0.39 is 5.91 Å². The van der Waals surface area contributed by atoms with E-state index in [0.29, 0.717) is 33.0 Å². The molecule has 130 valence electrons. The van der Waals surface area contributed by atoms with Crippen molar-refractivity contribution in [2.45, 2.75) is 0 Å². The van der Waals surface area contributed by atoms with Crippen LogP contribution >= 0.6 is 27.5 Å². The van der Waals surface area contributed by atoms with Crippen LogP contribution in [0.2, 0.25) is 5.02 Å². The van der Waals surface area contributed by atoms with Crippen molar-refractivity contribution in [3.63, 3.8) is 0 Å². The number of aromatic nitrogens is 2. The topological polar surface area (TPSA) is 99.3 Å². The number of anilines is 2. The zero-order valence-electron chi connectivity index (χ0n) is 12.8. The minimum atomic E-state index is -0.458. The van der Waals surface area contributed by atoms with E-state index in [1.54, 1.807) is 30.6 Å². The third-order valence-electron chi connectivity index (χ3n) is 3.36.